The number of ether oxygens (including phenoxy) is 1. The molecule has 0 bridgehead atoms. The minimum Gasteiger partial charge on any atom is -0.393 e. The summed E-state index contributed by atoms with van der Waals surface area (Å²) in [4.78, 5) is 18.1. The molecule has 1 aromatic heterocycles. The van der Waals surface area contributed by atoms with Gasteiger partial charge in [-0.3, -0.25) is 4.79 Å². The Kier molecular flexibility index (Phi) is 6.35. The molecule has 1 atom stereocenters. The van der Waals surface area contributed by atoms with Crippen molar-refractivity contribution in [1.82, 2.24) is 4.98 Å². The largest absolute Gasteiger partial charge is 0.393 e. The number of anilines is 1. The molecule has 2 aromatic rings. The molecule has 0 radical (unpaired) electrons. The predicted octanol–water partition coefficient (Wildman–Crippen LogP) is 2.01. The van der Waals surface area contributed by atoms with Crippen molar-refractivity contribution in [2.45, 2.75) is 24.3 Å². The topological polar surface area (TPSA) is 96.8 Å². The van der Waals surface area contributed by atoms with Gasteiger partial charge in [0.2, 0.25) is 0 Å². The van der Waals surface area contributed by atoms with Crippen molar-refractivity contribution in [3.63, 3.8) is 0 Å². The van der Waals surface area contributed by atoms with E-state index in [-0.39, 0.29) is 22.9 Å². The highest BCUT2D eigenvalue weighted by molar-refractivity contribution is 7.91. The Hall–Kier alpha value is -2.29. The molecule has 1 heterocycles. The van der Waals surface area contributed by atoms with Crippen molar-refractivity contribution in [3.8, 4) is 0 Å². The maximum Gasteiger partial charge on any atom is 0.277 e. The van der Waals surface area contributed by atoms with Crippen molar-refractivity contribution >= 4 is 21.4 Å². The standard InChI is InChI=1S/C19H24N2O5S/c1-5-27(24,25)16-7-6-12-20-17(16)18(23)21(3)15-10-8-14(9-11-15)19(2,13-22)26-4/h6-12,22H,5,13H2,1-4H3. The molecule has 1 unspecified atom stereocenters. The Bertz CT molecular complexity index is 906. The fraction of sp³-hybridized carbons (Fsp3) is 0.368. The van der Waals surface area contributed by atoms with Crippen molar-refractivity contribution in [2.24, 2.45) is 0 Å². The average molecular weight is 392 g/mol. The molecule has 0 spiro atoms. The van der Waals surface area contributed by atoms with Gasteiger partial charge in [0, 0.05) is 26.0 Å². The second-order valence-corrected chi connectivity index (χ2v) is 8.50. The predicted molar refractivity (Wildman–Crippen MR) is 103 cm³/mol. The third kappa shape index (κ3) is 4.18. The number of aliphatic hydroxyl groups is 1. The molecule has 2 rings (SSSR count). The number of pyridine rings is 1. The van der Waals surface area contributed by atoms with E-state index >= 15 is 0 Å². The van der Waals surface area contributed by atoms with E-state index in [0.29, 0.717) is 5.69 Å². The number of carbonyl (C=O) groups is 1. The molecule has 0 aliphatic carbocycles. The van der Waals surface area contributed by atoms with Gasteiger partial charge in [0.25, 0.3) is 5.91 Å². The monoisotopic (exact) mass is 392 g/mol. The van der Waals surface area contributed by atoms with E-state index in [1.807, 2.05) is 0 Å². The van der Waals surface area contributed by atoms with Gasteiger partial charge in [-0.05, 0) is 36.8 Å². The van der Waals surface area contributed by atoms with Crippen LogP contribution in [0.5, 0.6) is 0 Å². The fourth-order valence-electron chi connectivity index (χ4n) is 2.55. The maximum absolute atomic E-state index is 12.9. The summed E-state index contributed by atoms with van der Waals surface area (Å²) < 4.78 is 29.9. The van der Waals surface area contributed by atoms with E-state index < -0.39 is 21.3 Å². The Morgan fingerprint density at radius 3 is 2.41 bits per heavy atom. The summed E-state index contributed by atoms with van der Waals surface area (Å²) in [6.45, 7) is 3.09. The van der Waals surface area contributed by atoms with E-state index in [0.717, 1.165) is 5.56 Å². The Morgan fingerprint density at radius 2 is 1.89 bits per heavy atom. The van der Waals surface area contributed by atoms with Gasteiger partial charge in [-0.1, -0.05) is 19.1 Å². The summed E-state index contributed by atoms with van der Waals surface area (Å²) >= 11 is 0. The highest BCUT2D eigenvalue weighted by Gasteiger charge is 2.27. The fourth-order valence-corrected chi connectivity index (χ4v) is 3.58. The van der Waals surface area contributed by atoms with E-state index in [4.69, 9.17) is 4.74 Å². The van der Waals surface area contributed by atoms with Gasteiger partial charge in [0.15, 0.2) is 9.84 Å². The second-order valence-electron chi connectivity index (χ2n) is 6.26. The van der Waals surface area contributed by atoms with Crippen LogP contribution in [0.15, 0.2) is 47.5 Å². The number of carbonyl (C=O) groups excluding carboxylic acids is 1. The minimum atomic E-state index is -3.58. The zero-order chi connectivity index (χ0) is 20.2. The van der Waals surface area contributed by atoms with Crippen LogP contribution in [0.1, 0.15) is 29.9 Å². The van der Waals surface area contributed by atoms with E-state index in [9.17, 15) is 18.3 Å². The van der Waals surface area contributed by atoms with E-state index in [1.54, 1.807) is 38.2 Å². The summed E-state index contributed by atoms with van der Waals surface area (Å²) in [6, 6.07) is 9.80. The highest BCUT2D eigenvalue weighted by Crippen LogP contribution is 2.27. The number of hydrogen-bond acceptors (Lipinski definition) is 6. The molecule has 0 saturated heterocycles. The highest BCUT2D eigenvalue weighted by atomic mass is 32.2. The third-order valence-electron chi connectivity index (χ3n) is 4.61. The number of sulfone groups is 1. The van der Waals surface area contributed by atoms with Crippen LogP contribution in [-0.4, -0.2) is 50.9 Å². The normalized spacial score (nSPS) is 13.8. The number of nitrogens with zero attached hydrogens (tertiary/aromatic N) is 2. The Labute approximate surface area is 159 Å². The van der Waals surface area contributed by atoms with Gasteiger partial charge in [-0.25, -0.2) is 13.4 Å². The first-order valence-corrected chi connectivity index (χ1v) is 10.1. The van der Waals surface area contributed by atoms with Crippen LogP contribution in [0.4, 0.5) is 5.69 Å². The van der Waals surface area contributed by atoms with Crippen LogP contribution in [-0.2, 0) is 20.2 Å². The number of amides is 1. The number of methoxy groups -OCH3 is 1. The zero-order valence-electron chi connectivity index (χ0n) is 15.8. The molecule has 1 aromatic carbocycles. The summed E-state index contributed by atoms with van der Waals surface area (Å²) in [5, 5.41) is 9.53. The molecule has 0 aliphatic rings. The number of hydrogen-bond donors (Lipinski definition) is 1. The first-order valence-electron chi connectivity index (χ1n) is 8.42. The Morgan fingerprint density at radius 1 is 1.26 bits per heavy atom. The van der Waals surface area contributed by atoms with Gasteiger partial charge < -0.3 is 14.7 Å². The molecular formula is C19H24N2O5S. The van der Waals surface area contributed by atoms with Crippen LogP contribution in [0, 0.1) is 0 Å². The first kappa shape index (κ1) is 21.0. The van der Waals surface area contributed by atoms with Crippen molar-refractivity contribution in [1.29, 1.82) is 0 Å². The van der Waals surface area contributed by atoms with Crippen molar-refractivity contribution < 1.29 is 23.1 Å². The van der Waals surface area contributed by atoms with Gasteiger partial charge in [0.05, 0.1) is 17.3 Å². The van der Waals surface area contributed by atoms with Gasteiger partial charge >= 0.3 is 0 Å². The quantitative estimate of drug-likeness (QED) is 0.774. The van der Waals surface area contributed by atoms with Gasteiger partial charge in [-0.2, -0.15) is 0 Å². The lowest BCUT2D eigenvalue weighted by molar-refractivity contribution is -0.0422. The Balaban J connectivity index is 2.37. The molecule has 0 aliphatic heterocycles. The van der Waals surface area contributed by atoms with Crippen LogP contribution in [0.25, 0.3) is 0 Å². The van der Waals surface area contributed by atoms with Crippen LogP contribution in [0.3, 0.4) is 0 Å². The maximum atomic E-state index is 12.9. The number of aliphatic hydroxyl groups excluding tert-OH is 1. The van der Waals surface area contributed by atoms with Crippen LogP contribution in [0.2, 0.25) is 0 Å². The molecular weight excluding hydrogens is 368 g/mol. The first-order chi connectivity index (χ1) is 12.7. The van der Waals surface area contributed by atoms with Gasteiger partial charge in [0.1, 0.15) is 11.3 Å². The molecule has 0 fully saturated rings. The minimum absolute atomic E-state index is 0.0757. The molecule has 8 heteroatoms. The second kappa shape index (κ2) is 8.16. The van der Waals surface area contributed by atoms with Crippen molar-refractivity contribution in [3.05, 3.63) is 53.9 Å². The molecule has 27 heavy (non-hydrogen) atoms. The number of aromatic nitrogens is 1. The van der Waals surface area contributed by atoms with E-state index in [2.05, 4.69) is 4.98 Å². The zero-order valence-corrected chi connectivity index (χ0v) is 16.7. The smallest absolute Gasteiger partial charge is 0.277 e. The molecule has 1 amide bonds. The van der Waals surface area contributed by atoms with E-state index in [1.165, 1.54) is 37.3 Å². The van der Waals surface area contributed by atoms with Crippen LogP contribution < -0.4 is 4.90 Å². The molecule has 146 valence electrons. The SMILES string of the molecule is CCS(=O)(=O)c1cccnc1C(=O)N(C)c1ccc(C(C)(CO)OC)cc1. The lowest BCUT2D eigenvalue weighted by Gasteiger charge is -2.27. The number of benzene rings is 1. The lowest BCUT2D eigenvalue weighted by Crippen LogP contribution is -2.30. The summed E-state index contributed by atoms with van der Waals surface area (Å²) in [5.41, 5.74) is 0.364. The average Bonchev–Trinajstić information content (AvgIpc) is 2.72. The van der Waals surface area contributed by atoms with Gasteiger partial charge in [-0.15, -0.1) is 0 Å². The number of rotatable bonds is 7. The molecule has 0 saturated carbocycles. The lowest BCUT2D eigenvalue weighted by atomic mass is 9.96. The summed E-state index contributed by atoms with van der Waals surface area (Å²) in [5.74, 6) is -0.638. The van der Waals surface area contributed by atoms with Crippen LogP contribution >= 0.6 is 0 Å². The summed E-state index contributed by atoms with van der Waals surface area (Å²) in [7, 11) is -0.515. The molecule has 7 nitrogen and oxygen atoms in total. The van der Waals surface area contributed by atoms with Crippen molar-refractivity contribution in [2.75, 3.05) is 31.4 Å². The third-order valence-corrected chi connectivity index (χ3v) is 6.37. The summed E-state index contributed by atoms with van der Waals surface area (Å²) in [6.07, 6.45) is 1.39. The molecule has 1 N–H and O–H groups in total.